The summed E-state index contributed by atoms with van der Waals surface area (Å²) in [6, 6.07) is 0. The Morgan fingerprint density at radius 2 is 1.96 bits per heavy atom. The third kappa shape index (κ3) is 3.45. The van der Waals surface area contributed by atoms with Crippen molar-refractivity contribution in [3.63, 3.8) is 0 Å². The smallest absolute Gasteiger partial charge is 0.233 e. The van der Waals surface area contributed by atoms with Crippen LogP contribution < -0.4 is 0 Å². The van der Waals surface area contributed by atoms with Crippen LogP contribution >= 0.6 is 0 Å². The molecule has 25 heavy (non-hydrogen) atoms. The third-order valence-electron chi connectivity index (χ3n) is 5.36. The number of likely N-dealkylation sites (N-methyl/N-ethyl adjacent to an activating group) is 1. The largest absolute Gasteiger partial charge is 0.345 e. The molecular formula is C18H24N4O3. The van der Waals surface area contributed by atoms with Gasteiger partial charge in [0.25, 0.3) is 0 Å². The van der Waals surface area contributed by atoms with Crippen LogP contribution in [0.15, 0.2) is 16.7 Å². The fourth-order valence-corrected chi connectivity index (χ4v) is 3.45. The molecule has 1 aromatic heterocycles. The molecule has 0 atom stereocenters. The first-order valence-electron chi connectivity index (χ1n) is 9.13. The van der Waals surface area contributed by atoms with E-state index in [9.17, 15) is 9.59 Å². The van der Waals surface area contributed by atoms with E-state index in [1.807, 2.05) is 11.9 Å². The monoisotopic (exact) mass is 344 g/mol. The predicted molar refractivity (Wildman–Crippen MR) is 89.5 cm³/mol. The highest BCUT2D eigenvalue weighted by Gasteiger charge is 2.38. The minimum atomic E-state index is 0.124. The zero-order valence-corrected chi connectivity index (χ0v) is 14.6. The quantitative estimate of drug-likeness (QED) is 0.728. The van der Waals surface area contributed by atoms with Crippen molar-refractivity contribution in [1.29, 1.82) is 0 Å². The molecule has 1 aromatic rings. The van der Waals surface area contributed by atoms with Crippen molar-refractivity contribution >= 4 is 11.8 Å². The predicted octanol–water partition coefficient (Wildman–Crippen LogP) is 1.37. The Labute approximate surface area is 147 Å². The number of likely N-dealkylation sites (tertiary alicyclic amines) is 1. The molecule has 0 bridgehead atoms. The molecule has 1 saturated carbocycles. The summed E-state index contributed by atoms with van der Waals surface area (Å²) in [5.74, 6) is 2.21. The van der Waals surface area contributed by atoms with Crippen LogP contribution in [0.25, 0.3) is 0 Å². The molecule has 134 valence electrons. The highest BCUT2D eigenvalue weighted by molar-refractivity contribution is 5.81. The van der Waals surface area contributed by atoms with Gasteiger partial charge in [-0.05, 0) is 25.7 Å². The maximum absolute atomic E-state index is 12.3. The van der Waals surface area contributed by atoms with Gasteiger partial charge in [-0.1, -0.05) is 17.3 Å². The van der Waals surface area contributed by atoms with Gasteiger partial charge in [-0.15, -0.1) is 0 Å². The van der Waals surface area contributed by atoms with E-state index >= 15 is 0 Å². The summed E-state index contributed by atoms with van der Waals surface area (Å²) >= 11 is 0. The van der Waals surface area contributed by atoms with E-state index in [1.165, 1.54) is 0 Å². The van der Waals surface area contributed by atoms with Crippen molar-refractivity contribution < 1.29 is 14.1 Å². The Hall–Kier alpha value is -2.18. The summed E-state index contributed by atoms with van der Waals surface area (Å²) in [5.41, 5.74) is 0. The van der Waals surface area contributed by atoms with Gasteiger partial charge in [-0.3, -0.25) is 9.59 Å². The Morgan fingerprint density at radius 3 is 2.64 bits per heavy atom. The summed E-state index contributed by atoms with van der Waals surface area (Å²) in [7, 11) is 1.83. The van der Waals surface area contributed by atoms with E-state index in [4.69, 9.17) is 4.52 Å². The number of hydrogen-bond donors (Lipinski definition) is 0. The summed E-state index contributed by atoms with van der Waals surface area (Å²) in [6.45, 7) is 1.94. The number of nitrogens with zero attached hydrogens (tertiary/aromatic N) is 4. The lowest BCUT2D eigenvalue weighted by molar-refractivity contribution is -0.140. The van der Waals surface area contributed by atoms with Crippen LogP contribution in [0.4, 0.5) is 0 Å². The van der Waals surface area contributed by atoms with Crippen LogP contribution in [0.2, 0.25) is 0 Å². The van der Waals surface area contributed by atoms with Crippen LogP contribution in [0.3, 0.4) is 0 Å². The maximum Gasteiger partial charge on any atom is 0.233 e. The molecule has 2 amide bonds. The van der Waals surface area contributed by atoms with Crippen LogP contribution in [-0.4, -0.2) is 58.4 Å². The van der Waals surface area contributed by atoms with Gasteiger partial charge in [-0.25, -0.2) is 0 Å². The van der Waals surface area contributed by atoms with Gasteiger partial charge in [0.1, 0.15) is 0 Å². The number of aromatic nitrogens is 2. The second kappa shape index (κ2) is 6.61. The highest BCUT2D eigenvalue weighted by atomic mass is 16.5. The van der Waals surface area contributed by atoms with Gasteiger partial charge < -0.3 is 14.3 Å². The Bertz CT molecular complexity index is 680. The first-order chi connectivity index (χ1) is 12.1. The van der Waals surface area contributed by atoms with E-state index < -0.39 is 0 Å². The van der Waals surface area contributed by atoms with Crippen molar-refractivity contribution in [3.05, 3.63) is 23.9 Å². The molecule has 3 aliphatic rings. The normalized spacial score (nSPS) is 20.8. The van der Waals surface area contributed by atoms with E-state index in [2.05, 4.69) is 22.3 Å². The van der Waals surface area contributed by atoms with Crippen LogP contribution in [0.1, 0.15) is 43.3 Å². The lowest BCUT2D eigenvalue weighted by Gasteiger charge is -2.38. The number of carbonyl (C=O) groups is 2. The van der Waals surface area contributed by atoms with Crippen LogP contribution in [0.5, 0.6) is 0 Å². The van der Waals surface area contributed by atoms with Gasteiger partial charge in [0, 0.05) is 44.9 Å². The molecule has 2 fully saturated rings. The zero-order valence-electron chi connectivity index (χ0n) is 14.6. The second-order valence-corrected chi connectivity index (χ2v) is 7.41. The molecule has 0 N–H and O–H groups in total. The minimum absolute atomic E-state index is 0.124. The Morgan fingerprint density at radius 1 is 1.24 bits per heavy atom. The van der Waals surface area contributed by atoms with Gasteiger partial charge in [0.2, 0.25) is 17.7 Å². The molecule has 2 heterocycles. The molecule has 0 radical (unpaired) electrons. The molecular weight excluding hydrogens is 320 g/mol. The van der Waals surface area contributed by atoms with Gasteiger partial charge >= 0.3 is 0 Å². The van der Waals surface area contributed by atoms with Gasteiger partial charge in [-0.2, -0.15) is 4.98 Å². The molecule has 0 unspecified atom stereocenters. The fraction of sp³-hybridized carbons (Fsp3) is 0.667. The SMILES string of the molecule is CN(CCc1noc(C2CN(C(=O)C3CC=CC3)C2)n1)C(=O)C1CC1. The van der Waals surface area contributed by atoms with E-state index in [-0.39, 0.29) is 29.6 Å². The lowest BCUT2D eigenvalue weighted by atomic mass is 9.96. The van der Waals surface area contributed by atoms with Crippen molar-refractivity contribution in [2.75, 3.05) is 26.7 Å². The molecule has 7 nitrogen and oxygen atoms in total. The highest BCUT2D eigenvalue weighted by Crippen LogP contribution is 2.31. The number of carbonyl (C=O) groups excluding carboxylic acids is 2. The fourth-order valence-electron chi connectivity index (χ4n) is 3.45. The van der Waals surface area contributed by atoms with Crippen molar-refractivity contribution in [3.8, 4) is 0 Å². The second-order valence-electron chi connectivity index (χ2n) is 7.41. The summed E-state index contributed by atoms with van der Waals surface area (Å²) in [4.78, 5) is 32.3. The summed E-state index contributed by atoms with van der Waals surface area (Å²) < 4.78 is 5.36. The minimum Gasteiger partial charge on any atom is -0.345 e. The number of hydrogen-bond acceptors (Lipinski definition) is 5. The Balaban J connectivity index is 1.23. The van der Waals surface area contributed by atoms with Gasteiger partial charge in [0.05, 0.1) is 5.92 Å². The van der Waals surface area contributed by atoms with E-state index in [1.54, 1.807) is 4.90 Å². The summed E-state index contributed by atoms with van der Waals surface area (Å²) in [5, 5.41) is 4.02. The summed E-state index contributed by atoms with van der Waals surface area (Å²) in [6.07, 6.45) is 8.51. The maximum atomic E-state index is 12.3. The van der Waals surface area contributed by atoms with Crippen molar-refractivity contribution in [2.45, 2.75) is 38.0 Å². The van der Waals surface area contributed by atoms with Gasteiger partial charge in [0.15, 0.2) is 5.82 Å². The lowest BCUT2D eigenvalue weighted by Crippen LogP contribution is -2.50. The number of allylic oxidation sites excluding steroid dienone is 2. The zero-order chi connectivity index (χ0) is 17.4. The molecule has 4 rings (SSSR count). The van der Waals surface area contributed by atoms with Crippen LogP contribution in [-0.2, 0) is 16.0 Å². The van der Waals surface area contributed by atoms with Crippen LogP contribution in [0, 0.1) is 11.8 Å². The number of amides is 2. The topological polar surface area (TPSA) is 79.5 Å². The number of rotatable bonds is 6. The molecule has 7 heteroatoms. The average Bonchev–Trinajstić information content (AvgIpc) is 3.08. The molecule has 0 spiro atoms. The Kier molecular flexibility index (Phi) is 4.31. The van der Waals surface area contributed by atoms with E-state index in [0.717, 1.165) is 25.7 Å². The molecule has 1 saturated heterocycles. The first kappa shape index (κ1) is 16.3. The third-order valence-corrected chi connectivity index (χ3v) is 5.36. The van der Waals surface area contributed by atoms with E-state index in [0.29, 0.717) is 37.8 Å². The first-order valence-corrected chi connectivity index (χ1v) is 9.13. The van der Waals surface area contributed by atoms with Crippen molar-refractivity contribution in [2.24, 2.45) is 11.8 Å². The van der Waals surface area contributed by atoms with Crippen molar-refractivity contribution in [1.82, 2.24) is 19.9 Å². The molecule has 1 aliphatic heterocycles. The molecule has 0 aromatic carbocycles. The average molecular weight is 344 g/mol. The standard InChI is InChI=1S/C18H24N4O3/c1-21(17(23)13-6-7-13)9-8-15-19-16(25-20-15)14-10-22(11-14)18(24)12-4-2-3-5-12/h2-3,12-14H,4-11H2,1H3. The molecule has 2 aliphatic carbocycles.